The van der Waals surface area contributed by atoms with E-state index in [-0.39, 0.29) is 16.0 Å². The van der Waals surface area contributed by atoms with Crippen molar-refractivity contribution in [1.29, 1.82) is 0 Å². The highest BCUT2D eigenvalue weighted by Gasteiger charge is 2.43. The quantitative estimate of drug-likeness (QED) is 0.801. The molecule has 1 atom stereocenters. The number of alkyl halides is 3. The number of nitrogens with zero attached hydrogens (tertiary/aromatic N) is 2. The Bertz CT molecular complexity index is 714. The molecule has 0 unspecified atom stereocenters. The molecule has 7 nitrogen and oxygen atoms in total. The zero-order valence-electron chi connectivity index (χ0n) is 11.2. The van der Waals surface area contributed by atoms with E-state index in [1.165, 1.54) is 6.07 Å². The molecule has 0 radical (unpaired) electrons. The summed E-state index contributed by atoms with van der Waals surface area (Å²) in [6.07, 6.45) is -4.93. The van der Waals surface area contributed by atoms with Crippen LogP contribution in [0.15, 0.2) is 23.9 Å². The van der Waals surface area contributed by atoms with E-state index >= 15 is 0 Å². The number of carboxylic acids is 1. The fourth-order valence-electron chi connectivity index (χ4n) is 2.11. The number of likely N-dealkylation sites (tertiary alicyclic amines) is 1. The van der Waals surface area contributed by atoms with Gasteiger partial charge in [0.1, 0.15) is 11.7 Å². The number of amides is 2. The van der Waals surface area contributed by atoms with Crippen molar-refractivity contribution in [3.05, 3.63) is 35.2 Å². The molecule has 1 fully saturated rings. The number of carboxylic acid groups (broad SMARTS) is 2. The van der Waals surface area contributed by atoms with Crippen LogP contribution >= 0.6 is 0 Å². The number of rotatable bonds is 2. The Hall–Kier alpha value is -2.91. The van der Waals surface area contributed by atoms with Gasteiger partial charge in [-0.1, -0.05) is 0 Å². The van der Waals surface area contributed by atoms with Crippen LogP contribution in [0.2, 0.25) is 0 Å². The second-order valence-electron chi connectivity index (χ2n) is 4.66. The van der Waals surface area contributed by atoms with Crippen LogP contribution in [-0.4, -0.2) is 44.1 Å². The van der Waals surface area contributed by atoms with Crippen LogP contribution in [0.3, 0.4) is 0 Å². The maximum Gasteiger partial charge on any atom is 0.433 e. The number of pyridine rings is 1. The van der Waals surface area contributed by atoms with Crippen molar-refractivity contribution in [3.63, 3.8) is 0 Å². The molecule has 1 aromatic rings. The van der Waals surface area contributed by atoms with E-state index in [9.17, 15) is 27.6 Å². The Labute approximate surface area is 126 Å². The third-order valence-corrected chi connectivity index (χ3v) is 3.12. The molecule has 2 N–H and O–H groups in total. The first-order chi connectivity index (χ1) is 10.6. The highest BCUT2D eigenvalue weighted by Crippen LogP contribution is 2.30. The normalized spacial score (nSPS) is 20.1. The van der Waals surface area contributed by atoms with E-state index in [4.69, 9.17) is 10.2 Å². The average molecular weight is 330 g/mol. The van der Waals surface area contributed by atoms with Crippen LogP contribution in [0.25, 0.3) is 6.08 Å². The van der Waals surface area contributed by atoms with Crippen molar-refractivity contribution in [2.75, 3.05) is 0 Å². The second kappa shape index (κ2) is 5.71. The first kappa shape index (κ1) is 16.5. The Balaban J connectivity index is 2.39. The third-order valence-electron chi connectivity index (χ3n) is 3.12. The summed E-state index contributed by atoms with van der Waals surface area (Å²) in [5.41, 5.74) is -1.42. The van der Waals surface area contributed by atoms with Gasteiger partial charge in [-0.05, 0) is 23.8 Å². The van der Waals surface area contributed by atoms with E-state index in [0.29, 0.717) is 6.07 Å². The summed E-state index contributed by atoms with van der Waals surface area (Å²) in [6, 6.07) is 0.268. The van der Waals surface area contributed by atoms with Crippen molar-refractivity contribution in [1.82, 2.24) is 9.88 Å². The van der Waals surface area contributed by atoms with Crippen LogP contribution < -0.4 is 0 Å². The monoisotopic (exact) mass is 330 g/mol. The smallest absolute Gasteiger partial charge is 0.433 e. The number of aliphatic carboxylic acids is 1. The van der Waals surface area contributed by atoms with Gasteiger partial charge in [-0.25, -0.2) is 14.5 Å². The van der Waals surface area contributed by atoms with Crippen LogP contribution in [0.1, 0.15) is 17.7 Å². The fraction of sp³-hybridized carbons (Fsp3) is 0.231. The molecule has 0 saturated carbocycles. The molecule has 2 heterocycles. The van der Waals surface area contributed by atoms with E-state index in [1.54, 1.807) is 0 Å². The summed E-state index contributed by atoms with van der Waals surface area (Å²) >= 11 is 0. The number of imide groups is 1. The molecule has 10 heteroatoms. The minimum absolute atomic E-state index is 0.0351. The average Bonchev–Trinajstić information content (AvgIpc) is 2.76. The minimum atomic E-state index is -4.68. The number of carbonyl (C=O) groups is 3. The summed E-state index contributed by atoms with van der Waals surface area (Å²) in [4.78, 5) is 37.2. The predicted octanol–water partition coefficient (Wildman–Crippen LogP) is 1.85. The molecule has 2 rings (SSSR count). The maximum absolute atomic E-state index is 12.6. The highest BCUT2D eigenvalue weighted by molar-refractivity contribution is 6.10. The molecule has 0 bridgehead atoms. The van der Waals surface area contributed by atoms with E-state index in [2.05, 4.69) is 4.98 Å². The Morgan fingerprint density at radius 2 is 2.00 bits per heavy atom. The lowest BCUT2D eigenvalue weighted by Gasteiger charge is -2.14. The fourth-order valence-corrected chi connectivity index (χ4v) is 2.11. The van der Waals surface area contributed by atoms with Crippen LogP contribution in [-0.2, 0) is 15.8 Å². The lowest BCUT2D eigenvalue weighted by Crippen LogP contribution is -2.42. The Morgan fingerprint density at radius 1 is 1.35 bits per heavy atom. The van der Waals surface area contributed by atoms with Gasteiger partial charge >= 0.3 is 18.2 Å². The van der Waals surface area contributed by atoms with Gasteiger partial charge in [0.05, 0.1) is 0 Å². The van der Waals surface area contributed by atoms with Crippen LogP contribution in [0.5, 0.6) is 0 Å². The number of carbonyl (C=O) groups excluding carboxylic acids is 1. The van der Waals surface area contributed by atoms with Gasteiger partial charge in [-0.3, -0.25) is 9.78 Å². The second-order valence-corrected chi connectivity index (χ2v) is 4.66. The number of hydrogen-bond acceptors (Lipinski definition) is 4. The maximum atomic E-state index is 12.6. The summed E-state index contributed by atoms with van der Waals surface area (Å²) < 4.78 is 37.7. The molecule has 1 saturated heterocycles. The summed E-state index contributed by atoms with van der Waals surface area (Å²) in [5, 5.41) is 17.8. The van der Waals surface area contributed by atoms with Crippen molar-refractivity contribution in [2.45, 2.75) is 18.6 Å². The topological polar surface area (TPSA) is 108 Å². The molecule has 0 aliphatic carbocycles. The summed E-state index contributed by atoms with van der Waals surface area (Å²) in [6.45, 7) is 0. The molecule has 0 spiro atoms. The minimum Gasteiger partial charge on any atom is -0.480 e. The first-order valence-electron chi connectivity index (χ1n) is 6.14. The lowest BCUT2D eigenvalue weighted by molar-refractivity contribution is -0.144. The van der Waals surface area contributed by atoms with Crippen molar-refractivity contribution in [3.8, 4) is 0 Å². The summed E-state index contributed by atoms with van der Waals surface area (Å²) in [7, 11) is 0. The molecular weight excluding hydrogens is 321 g/mol. The third kappa shape index (κ3) is 3.30. The van der Waals surface area contributed by atoms with Crippen molar-refractivity contribution in [2.24, 2.45) is 0 Å². The standard InChI is InChI=1S/C13H9F3N2O5/c14-13(15,16)9-4-6(1-2-17-9)3-7-5-8(11(20)21)18(10(7)19)12(22)23/h1-4,8H,5H2,(H,20,21)(H,22,23)/t8-/m0/s1. The van der Waals surface area contributed by atoms with Crippen LogP contribution in [0.4, 0.5) is 18.0 Å². The molecule has 1 aliphatic heterocycles. The van der Waals surface area contributed by atoms with Crippen molar-refractivity contribution >= 4 is 24.0 Å². The SMILES string of the molecule is O=C(O)[C@@H]1CC(=Cc2ccnc(C(F)(F)F)c2)C(=O)N1C(=O)O. The van der Waals surface area contributed by atoms with E-state index < -0.39 is 42.3 Å². The molecule has 2 amide bonds. The molecular formula is C13H9F3N2O5. The molecule has 23 heavy (non-hydrogen) atoms. The van der Waals surface area contributed by atoms with Gasteiger partial charge in [0, 0.05) is 18.2 Å². The number of halogens is 3. The van der Waals surface area contributed by atoms with Gasteiger partial charge in [-0.2, -0.15) is 13.2 Å². The first-order valence-corrected chi connectivity index (χ1v) is 6.14. The number of aromatic nitrogens is 1. The van der Waals surface area contributed by atoms with Gasteiger partial charge in [0.15, 0.2) is 0 Å². The van der Waals surface area contributed by atoms with Gasteiger partial charge in [0.25, 0.3) is 5.91 Å². The Morgan fingerprint density at radius 3 is 2.48 bits per heavy atom. The highest BCUT2D eigenvalue weighted by atomic mass is 19.4. The molecule has 1 aliphatic rings. The molecule has 0 aromatic carbocycles. The zero-order valence-corrected chi connectivity index (χ0v) is 11.2. The summed E-state index contributed by atoms with van der Waals surface area (Å²) in [5.74, 6) is -2.59. The van der Waals surface area contributed by atoms with Gasteiger partial charge in [-0.15, -0.1) is 0 Å². The van der Waals surface area contributed by atoms with Crippen LogP contribution in [0, 0.1) is 0 Å². The predicted molar refractivity (Wildman–Crippen MR) is 68.1 cm³/mol. The largest absolute Gasteiger partial charge is 0.480 e. The van der Waals surface area contributed by atoms with E-state index in [0.717, 1.165) is 12.3 Å². The van der Waals surface area contributed by atoms with Gasteiger partial charge in [0.2, 0.25) is 0 Å². The molecule has 122 valence electrons. The van der Waals surface area contributed by atoms with Crippen molar-refractivity contribution < 1.29 is 37.8 Å². The zero-order chi connectivity index (χ0) is 17.4. The van der Waals surface area contributed by atoms with E-state index in [1.807, 2.05) is 0 Å². The number of hydrogen-bond donors (Lipinski definition) is 2. The lowest BCUT2D eigenvalue weighted by atomic mass is 10.1. The Kier molecular flexibility index (Phi) is 4.08. The van der Waals surface area contributed by atoms with Gasteiger partial charge < -0.3 is 10.2 Å². The molecule has 1 aromatic heterocycles.